The number of carbonyl (C=O) groups is 2. The van der Waals surface area contributed by atoms with Crippen LogP contribution in [0.4, 0.5) is 10.5 Å². The molecule has 2 amide bonds. The number of thiazole rings is 1. The van der Waals surface area contributed by atoms with Crippen molar-refractivity contribution in [3.05, 3.63) is 39.5 Å². The molecule has 244 valence electrons. The van der Waals surface area contributed by atoms with Crippen LogP contribution in [-0.4, -0.2) is 49.3 Å². The monoisotopic (exact) mass is 678 g/mol. The van der Waals surface area contributed by atoms with Gasteiger partial charge in [0.15, 0.2) is 24.0 Å². The van der Waals surface area contributed by atoms with Gasteiger partial charge < -0.3 is 14.8 Å². The van der Waals surface area contributed by atoms with Gasteiger partial charge in [-0.25, -0.2) is 18.4 Å². The van der Waals surface area contributed by atoms with Crippen molar-refractivity contribution in [2.75, 3.05) is 11.9 Å². The zero-order valence-electron chi connectivity index (χ0n) is 28.2. The lowest BCUT2D eigenvalue weighted by molar-refractivity contribution is 0.00244. The molecule has 0 spiro atoms. The Hall–Kier alpha value is -1.75. The van der Waals surface area contributed by atoms with Crippen LogP contribution in [-0.2, 0) is 39.2 Å². The molecule has 1 unspecified atom stereocenters. The van der Waals surface area contributed by atoms with Crippen molar-refractivity contribution < 1.29 is 23.3 Å². The number of anilines is 1. The van der Waals surface area contributed by atoms with Crippen LogP contribution in [0, 0.1) is 0 Å². The number of nitrogens with zero attached hydrogens (tertiary/aromatic N) is 2. The normalized spacial score (nSPS) is 18.4. The van der Waals surface area contributed by atoms with Crippen molar-refractivity contribution in [2.24, 2.45) is 4.36 Å². The largest absolute Gasteiger partial charge is 0.413 e. The van der Waals surface area contributed by atoms with Crippen LogP contribution in [0.3, 0.4) is 0 Å². The molecule has 0 saturated heterocycles. The van der Waals surface area contributed by atoms with Gasteiger partial charge in [-0.1, -0.05) is 60.7 Å². The second-order valence-electron chi connectivity index (χ2n) is 15.5. The number of benzene rings is 1. The maximum absolute atomic E-state index is 14.9. The minimum Gasteiger partial charge on any atom is -0.413 e. The summed E-state index contributed by atoms with van der Waals surface area (Å²) in [7, 11) is -8.15. The minimum atomic E-state index is -3.52. The average molecular weight is 679 g/mol. The molecule has 1 aromatic carbocycles. The quantitative estimate of drug-likeness (QED) is 0.247. The van der Waals surface area contributed by atoms with Gasteiger partial charge in [-0.2, -0.15) is 0 Å². The third kappa shape index (κ3) is 6.98. The molecule has 4 rings (SSSR count). The minimum absolute atomic E-state index is 0.0133. The van der Waals surface area contributed by atoms with E-state index >= 15 is 0 Å². The summed E-state index contributed by atoms with van der Waals surface area (Å²) >= 11 is 1.08. The molecule has 3 N–H and O–H groups in total. The van der Waals surface area contributed by atoms with Crippen LogP contribution in [0.25, 0.3) is 0 Å². The highest BCUT2D eigenvalue weighted by atomic mass is 32.2. The van der Waals surface area contributed by atoms with Crippen LogP contribution >= 0.6 is 11.3 Å². The molecule has 0 fully saturated rings. The fourth-order valence-electron chi connectivity index (χ4n) is 4.93. The molecule has 1 aromatic heterocycles. The molecule has 9 nitrogen and oxygen atoms in total. The number of carbonyl (C=O) groups excluding carboxylic acids is 2. The Kier molecular flexibility index (Phi) is 9.42. The number of aryl methyl sites for hydroxylation is 2. The van der Waals surface area contributed by atoms with Crippen molar-refractivity contribution >= 4 is 55.3 Å². The highest BCUT2D eigenvalue weighted by Gasteiger charge is 2.42. The van der Waals surface area contributed by atoms with Gasteiger partial charge in [0.1, 0.15) is 23.1 Å². The summed E-state index contributed by atoms with van der Waals surface area (Å²) in [5, 5.41) is 14.4. The van der Waals surface area contributed by atoms with E-state index in [0.717, 1.165) is 47.3 Å². The molecule has 2 aromatic rings. The van der Waals surface area contributed by atoms with Crippen LogP contribution in [0.2, 0.25) is 36.3 Å². The number of amides is 2. The van der Waals surface area contributed by atoms with Gasteiger partial charge in [0.2, 0.25) is 0 Å². The molecule has 13 heteroatoms. The van der Waals surface area contributed by atoms with Crippen LogP contribution < -0.4 is 9.70 Å². The lowest BCUT2D eigenvalue weighted by atomic mass is 9.98. The number of urea groups is 1. The van der Waals surface area contributed by atoms with E-state index in [1.165, 1.54) is 6.20 Å². The summed E-state index contributed by atoms with van der Waals surface area (Å²) in [6.07, 6.45) is 5.16. The zero-order chi connectivity index (χ0) is 33.1. The molecule has 2 aliphatic carbocycles. The number of ketones is 1. The van der Waals surface area contributed by atoms with Gasteiger partial charge in [-0.05, 0) is 72.5 Å². The Labute approximate surface area is 269 Å². The summed E-state index contributed by atoms with van der Waals surface area (Å²) in [5.74, 6) is 0.0133. The second kappa shape index (κ2) is 11.8. The molecule has 0 aliphatic heterocycles. The Morgan fingerprint density at radius 1 is 1.05 bits per heavy atom. The third-order valence-corrected chi connectivity index (χ3v) is 24.3. The Balaban J connectivity index is 1.73. The summed E-state index contributed by atoms with van der Waals surface area (Å²) in [6.45, 7) is 22.7. The fraction of sp³-hybridized carbons (Fsp3) is 0.645. The van der Waals surface area contributed by atoms with Gasteiger partial charge >= 0.3 is 6.03 Å². The topological polar surface area (TPSA) is 130 Å². The smallest absolute Gasteiger partial charge is 0.354 e. The van der Waals surface area contributed by atoms with Crippen LogP contribution in [0.1, 0.15) is 93.4 Å². The van der Waals surface area contributed by atoms with E-state index in [-0.39, 0.29) is 26.7 Å². The van der Waals surface area contributed by atoms with E-state index in [0.29, 0.717) is 29.1 Å². The number of fused-ring (bicyclic) bond motifs is 2. The van der Waals surface area contributed by atoms with E-state index in [9.17, 15) is 18.9 Å². The van der Waals surface area contributed by atoms with Crippen molar-refractivity contribution in [2.45, 2.75) is 127 Å². The highest BCUT2D eigenvalue weighted by molar-refractivity contribution is 7.95. The number of rotatable bonds is 8. The van der Waals surface area contributed by atoms with Crippen molar-refractivity contribution in [3.63, 3.8) is 0 Å². The lowest BCUT2D eigenvalue weighted by Crippen LogP contribution is -2.54. The number of hydrogen-bond acceptors (Lipinski definition) is 7. The maximum atomic E-state index is 14.9. The fourth-order valence-corrected chi connectivity index (χ4v) is 13.0. The van der Waals surface area contributed by atoms with E-state index in [1.54, 1.807) is 6.92 Å². The van der Waals surface area contributed by atoms with Crippen molar-refractivity contribution in [1.82, 2.24) is 9.37 Å². The first kappa shape index (κ1) is 35.1. The van der Waals surface area contributed by atoms with E-state index < -0.39 is 38.1 Å². The molecular weight excluding hydrogens is 629 g/mol. The first-order chi connectivity index (χ1) is 20.0. The number of nitrogens with one attached hydrogen (secondary N) is 2. The van der Waals surface area contributed by atoms with Gasteiger partial charge in [-0.3, -0.25) is 4.79 Å². The molecule has 2 aliphatic rings. The molecule has 0 bridgehead atoms. The summed E-state index contributed by atoms with van der Waals surface area (Å²) in [4.78, 5) is 31.0. The summed E-state index contributed by atoms with van der Waals surface area (Å²) in [5.41, 5.74) is 2.75. The van der Waals surface area contributed by atoms with Crippen molar-refractivity contribution in [1.29, 1.82) is 0 Å². The zero-order valence-corrected chi connectivity index (χ0v) is 31.8. The first-order valence-electron chi connectivity index (χ1n) is 15.4. The Morgan fingerprint density at radius 2 is 1.70 bits per heavy atom. The highest BCUT2D eigenvalue weighted by Crippen LogP contribution is 2.41. The molecular formula is C31H50N4O5S2Si2. The Morgan fingerprint density at radius 3 is 2.32 bits per heavy atom. The van der Waals surface area contributed by atoms with Gasteiger partial charge in [0.05, 0.1) is 18.5 Å². The van der Waals surface area contributed by atoms with Crippen LogP contribution in [0.5, 0.6) is 0 Å². The Bertz CT molecular complexity index is 1590. The van der Waals surface area contributed by atoms with E-state index in [1.807, 2.05) is 0 Å². The summed E-state index contributed by atoms with van der Waals surface area (Å²) < 4.78 is 29.1. The average Bonchev–Trinajstić information content (AvgIpc) is 3.61. The molecule has 0 radical (unpaired) electrons. The summed E-state index contributed by atoms with van der Waals surface area (Å²) in [6, 6.07) is 1.34. The predicted octanol–water partition coefficient (Wildman–Crippen LogP) is 7.56. The molecule has 2 atom stereocenters. The number of hydrogen-bond donors (Lipinski definition) is 3. The molecule has 44 heavy (non-hydrogen) atoms. The van der Waals surface area contributed by atoms with Gasteiger partial charge in [0.25, 0.3) is 0 Å². The second-order valence-corrected chi connectivity index (χ2v) is 28.9. The van der Waals surface area contributed by atoms with Crippen LogP contribution in [0.15, 0.2) is 20.8 Å². The predicted molar refractivity (Wildman–Crippen MR) is 184 cm³/mol. The molecule has 1 heterocycles. The standard InChI is InChI=1S/C31H50N4O5S2Si2/c1-29(2,3)43(8,9)35-42(39,24-18-32-27(41-24)31(7,38)19-40-44(10,11)30(4,5)6)34-28(37)33-26-22-14-12-13-20(22)17-21-15-16-23(36)25(21)26/h17-18,38H,12-16,19H2,1-11H3,(H2,33,34,35,37,39)/t31-,42?/m1/s1. The van der Waals surface area contributed by atoms with Crippen molar-refractivity contribution in [3.8, 4) is 0 Å². The van der Waals surface area contributed by atoms with Gasteiger partial charge in [0, 0.05) is 12.0 Å². The SMILES string of the molecule is CC(C)(C)[Si](C)(C)NS(=O)(=NC(=O)Nc1c2c(cc3c1C(=O)CC3)CCC2)c1cnc([C@](C)(O)CO[Si](C)(C)C(C)(C)C)s1. The number of aliphatic hydroxyl groups is 1. The lowest BCUT2D eigenvalue weighted by Gasteiger charge is -2.38. The molecule has 0 saturated carbocycles. The number of Topliss-reactive ketones (excluding diaryl/α,β-unsaturated/α-hetero) is 1. The number of aromatic nitrogens is 1. The van der Waals surface area contributed by atoms with Gasteiger partial charge in [-0.15, -0.1) is 15.7 Å². The first-order valence-corrected chi connectivity index (χ1v) is 23.6. The maximum Gasteiger partial charge on any atom is 0.354 e. The van der Waals surface area contributed by atoms with E-state index in [2.05, 4.69) is 92.8 Å². The van der Waals surface area contributed by atoms with E-state index in [4.69, 9.17) is 4.43 Å². The third-order valence-electron chi connectivity index (χ3n) is 9.83.